The molecule has 1 atom stereocenters. The minimum Gasteiger partial charge on any atom is -0.507 e. The fourth-order valence-electron chi connectivity index (χ4n) is 3.91. The van der Waals surface area contributed by atoms with E-state index >= 15 is 0 Å². The third-order valence-corrected chi connectivity index (χ3v) is 6.04. The van der Waals surface area contributed by atoms with Crippen molar-refractivity contribution in [2.75, 3.05) is 32.8 Å². The lowest BCUT2D eigenvalue weighted by molar-refractivity contribution is -0.140. The van der Waals surface area contributed by atoms with Crippen LogP contribution in [-0.4, -0.2) is 65.3 Å². The maximum absolute atomic E-state index is 13.1. The van der Waals surface area contributed by atoms with E-state index in [0.717, 1.165) is 13.1 Å². The smallest absolute Gasteiger partial charge is 0.295 e. The van der Waals surface area contributed by atoms with Crippen molar-refractivity contribution in [3.8, 4) is 5.75 Å². The summed E-state index contributed by atoms with van der Waals surface area (Å²) in [6.07, 6.45) is 0. The molecule has 2 aromatic rings. The average molecular weight is 486 g/mol. The first-order valence-electron chi connectivity index (χ1n) is 11.0. The maximum atomic E-state index is 13.1. The lowest BCUT2D eigenvalue weighted by atomic mass is 9.95. The molecule has 34 heavy (non-hydrogen) atoms. The van der Waals surface area contributed by atoms with E-state index in [1.54, 1.807) is 48.5 Å². The fraction of sp³-hybridized carbons (Fsp3) is 0.320. The van der Waals surface area contributed by atoms with E-state index in [1.807, 2.05) is 13.8 Å². The van der Waals surface area contributed by atoms with E-state index in [9.17, 15) is 19.5 Å². The van der Waals surface area contributed by atoms with Crippen molar-refractivity contribution in [2.24, 2.45) is 5.73 Å². The third kappa shape index (κ3) is 5.58. The molecule has 180 valence electrons. The average Bonchev–Trinajstić information content (AvgIpc) is 3.08. The Labute approximate surface area is 203 Å². The number of likely N-dealkylation sites (tertiary alicyclic amines) is 1. The van der Waals surface area contributed by atoms with Crippen LogP contribution in [0.1, 0.15) is 31.0 Å². The molecule has 0 bridgehead atoms. The molecule has 9 heteroatoms. The standard InChI is InChI=1S/C25H28ClN3O5/c1-3-28(4-2)13-14-29-22(16-7-11-19(12-8-16)34-15-20(27)30)21(24(32)25(29)33)23(31)17-5-9-18(26)10-6-17/h5-12,22,31H,3-4,13-15H2,1-2H3,(H2,27,30). The van der Waals surface area contributed by atoms with Crippen LogP contribution in [0.25, 0.3) is 5.76 Å². The highest BCUT2D eigenvalue weighted by Crippen LogP contribution is 2.39. The Bertz CT molecular complexity index is 1080. The summed E-state index contributed by atoms with van der Waals surface area (Å²) in [6.45, 7) is 6.30. The van der Waals surface area contributed by atoms with Gasteiger partial charge in [0.15, 0.2) is 6.61 Å². The van der Waals surface area contributed by atoms with Gasteiger partial charge in [0.05, 0.1) is 11.6 Å². The van der Waals surface area contributed by atoms with E-state index < -0.39 is 23.6 Å². The third-order valence-electron chi connectivity index (χ3n) is 5.79. The second-order valence-corrected chi connectivity index (χ2v) is 8.29. The molecule has 1 aliphatic rings. The van der Waals surface area contributed by atoms with Crippen molar-refractivity contribution in [3.05, 3.63) is 70.3 Å². The molecule has 1 aliphatic heterocycles. The first kappa shape index (κ1) is 25.3. The van der Waals surface area contributed by atoms with Crippen LogP contribution < -0.4 is 10.5 Å². The van der Waals surface area contributed by atoms with Gasteiger partial charge in [0, 0.05) is 23.7 Å². The van der Waals surface area contributed by atoms with Gasteiger partial charge in [-0.2, -0.15) is 0 Å². The van der Waals surface area contributed by atoms with E-state index in [4.69, 9.17) is 22.1 Å². The monoisotopic (exact) mass is 485 g/mol. The molecule has 1 saturated heterocycles. The number of nitrogens with two attached hydrogens (primary N) is 1. The van der Waals surface area contributed by atoms with Crippen molar-refractivity contribution in [1.29, 1.82) is 0 Å². The summed E-state index contributed by atoms with van der Waals surface area (Å²) >= 11 is 5.96. The summed E-state index contributed by atoms with van der Waals surface area (Å²) in [5, 5.41) is 11.6. The van der Waals surface area contributed by atoms with Crippen LogP contribution in [0, 0.1) is 0 Å². The van der Waals surface area contributed by atoms with Crippen molar-refractivity contribution < 1.29 is 24.2 Å². The minimum atomic E-state index is -0.781. The van der Waals surface area contributed by atoms with Crippen LogP contribution in [0.15, 0.2) is 54.1 Å². The summed E-state index contributed by atoms with van der Waals surface area (Å²) in [7, 11) is 0. The van der Waals surface area contributed by atoms with Crippen LogP contribution in [-0.2, 0) is 14.4 Å². The second kappa shape index (κ2) is 11.2. The van der Waals surface area contributed by atoms with Crippen molar-refractivity contribution in [3.63, 3.8) is 0 Å². The second-order valence-electron chi connectivity index (χ2n) is 7.85. The quantitative estimate of drug-likeness (QED) is 0.304. The van der Waals surface area contributed by atoms with Crippen LogP contribution in [0.3, 0.4) is 0 Å². The zero-order chi connectivity index (χ0) is 24.8. The number of ether oxygens (including phenoxy) is 1. The number of Topliss-reactive ketones (excluding diaryl/α,β-unsaturated/α-hetero) is 1. The predicted molar refractivity (Wildman–Crippen MR) is 129 cm³/mol. The lowest BCUT2D eigenvalue weighted by Gasteiger charge is -2.28. The molecule has 2 aromatic carbocycles. The number of primary amides is 1. The van der Waals surface area contributed by atoms with Crippen molar-refractivity contribution >= 4 is 35.0 Å². The van der Waals surface area contributed by atoms with E-state index in [0.29, 0.717) is 35.0 Å². The lowest BCUT2D eigenvalue weighted by Crippen LogP contribution is -2.38. The molecule has 0 aromatic heterocycles. The first-order valence-corrected chi connectivity index (χ1v) is 11.4. The SMILES string of the molecule is CCN(CC)CCN1C(=O)C(=O)C(=C(O)c2ccc(Cl)cc2)C1c1ccc(OCC(N)=O)cc1. The number of aliphatic hydroxyl groups is 1. The molecule has 0 radical (unpaired) electrons. The Morgan fingerprint density at radius 2 is 1.71 bits per heavy atom. The molecule has 0 aliphatic carbocycles. The highest BCUT2D eigenvalue weighted by Gasteiger charge is 2.45. The molecule has 0 saturated carbocycles. The fourth-order valence-corrected chi connectivity index (χ4v) is 4.04. The Balaban J connectivity index is 2.03. The van der Waals surface area contributed by atoms with Crippen molar-refractivity contribution in [1.82, 2.24) is 9.80 Å². The minimum absolute atomic E-state index is 0.0117. The number of amides is 2. The van der Waals surface area contributed by atoms with Gasteiger partial charge in [-0.05, 0) is 55.1 Å². The van der Waals surface area contributed by atoms with Gasteiger partial charge < -0.3 is 25.4 Å². The largest absolute Gasteiger partial charge is 0.507 e. The highest BCUT2D eigenvalue weighted by molar-refractivity contribution is 6.46. The molecule has 0 spiro atoms. The predicted octanol–water partition coefficient (Wildman–Crippen LogP) is 2.97. The summed E-state index contributed by atoms with van der Waals surface area (Å²) < 4.78 is 5.31. The van der Waals surface area contributed by atoms with Gasteiger partial charge in [0.25, 0.3) is 17.6 Å². The number of rotatable bonds is 10. The van der Waals surface area contributed by atoms with Crippen LogP contribution in [0.2, 0.25) is 5.02 Å². The van der Waals surface area contributed by atoms with Gasteiger partial charge >= 0.3 is 0 Å². The van der Waals surface area contributed by atoms with Gasteiger partial charge in [-0.25, -0.2) is 0 Å². The molecule has 3 rings (SSSR count). The topological polar surface area (TPSA) is 113 Å². The highest BCUT2D eigenvalue weighted by atomic mass is 35.5. The van der Waals surface area contributed by atoms with Gasteiger partial charge in [0.2, 0.25) is 0 Å². The Hall–Kier alpha value is -3.36. The molecular formula is C25H28ClN3O5. The number of likely N-dealkylation sites (N-methyl/N-ethyl adjacent to an activating group) is 1. The molecule has 1 fully saturated rings. The number of carbonyl (C=O) groups is 3. The molecule has 3 N–H and O–H groups in total. The van der Waals surface area contributed by atoms with Gasteiger partial charge in [-0.1, -0.05) is 37.6 Å². The normalized spacial score (nSPS) is 17.4. The maximum Gasteiger partial charge on any atom is 0.295 e. The summed E-state index contributed by atoms with van der Waals surface area (Å²) in [5.74, 6) is -1.86. The van der Waals surface area contributed by atoms with E-state index in [-0.39, 0.29) is 17.9 Å². The number of nitrogens with zero attached hydrogens (tertiary/aromatic N) is 2. The number of hydrogen-bond acceptors (Lipinski definition) is 6. The zero-order valence-corrected chi connectivity index (χ0v) is 19.9. The molecular weight excluding hydrogens is 458 g/mol. The summed E-state index contributed by atoms with van der Waals surface area (Å²) in [4.78, 5) is 40.7. The molecule has 2 amide bonds. The molecule has 1 heterocycles. The summed E-state index contributed by atoms with van der Waals surface area (Å²) in [6, 6.07) is 12.3. The molecule has 1 unspecified atom stereocenters. The number of hydrogen-bond donors (Lipinski definition) is 2. The number of halogens is 1. The van der Waals surface area contributed by atoms with Gasteiger partial charge in [0.1, 0.15) is 11.5 Å². The van der Waals surface area contributed by atoms with Crippen LogP contribution in [0.5, 0.6) is 5.75 Å². The first-order chi connectivity index (χ1) is 16.3. The Kier molecular flexibility index (Phi) is 8.31. The summed E-state index contributed by atoms with van der Waals surface area (Å²) in [5.41, 5.74) is 6.15. The van der Waals surface area contributed by atoms with Gasteiger partial charge in [-0.3, -0.25) is 14.4 Å². The van der Waals surface area contributed by atoms with Crippen LogP contribution in [0.4, 0.5) is 0 Å². The number of ketones is 1. The number of benzene rings is 2. The Morgan fingerprint density at radius 1 is 1.09 bits per heavy atom. The molecule has 8 nitrogen and oxygen atoms in total. The zero-order valence-electron chi connectivity index (χ0n) is 19.2. The van der Waals surface area contributed by atoms with E-state index in [1.165, 1.54) is 4.90 Å². The number of carbonyl (C=O) groups excluding carboxylic acids is 3. The number of aliphatic hydroxyl groups excluding tert-OH is 1. The van der Waals surface area contributed by atoms with Gasteiger partial charge in [-0.15, -0.1) is 0 Å². The Morgan fingerprint density at radius 3 is 2.26 bits per heavy atom. The van der Waals surface area contributed by atoms with Crippen molar-refractivity contribution in [2.45, 2.75) is 19.9 Å². The van der Waals surface area contributed by atoms with E-state index in [2.05, 4.69) is 4.90 Å². The van der Waals surface area contributed by atoms with Crippen LogP contribution >= 0.6 is 11.6 Å².